The van der Waals surface area contributed by atoms with E-state index in [0.29, 0.717) is 5.69 Å². The maximum Gasteiger partial charge on any atom is 0.356 e. The highest BCUT2D eigenvalue weighted by Crippen LogP contribution is 2.09. The molecule has 1 aromatic carbocycles. The molecule has 1 heterocycles. The highest BCUT2D eigenvalue weighted by atomic mass is 16.4. The van der Waals surface area contributed by atoms with Gasteiger partial charge in [0.15, 0.2) is 5.69 Å². The van der Waals surface area contributed by atoms with Gasteiger partial charge in [0.1, 0.15) is 0 Å². The number of carboxylic acids is 2. The quantitative estimate of drug-likeness (QED) is 0.831. The molecular weight excluding hydrogens is 224 g/mol. The van der Waals surface area contributed by atoms with Crippen LogP contribution in [-0.4, -0.2) is 31.9 Å². The zero-order valence-corrected chi connectivity index (χ0v) is 8.57. The van der Waals surface area contributed by atoms with E-state index in [-0.39, 0.29) is 11.3 Å². The van der Waals surface area contributed by atoms with E-state index in [0.717, 1.165) is 0 Å². The largest absolute Gasteiger partial charge is 0.478 e. The molecule has 2 aromatic rings. The Morgan fingerprint density at radius 1 is 1.00 bits per heavy atom. The number of carbonyl (C=O) groups is 2. The van der Waals surface area contributed by atoms with Crippen LogP contribution in [0.4, 0.5) is 0 Å². The van der Waals surface area contributed by atoms with Crippen LogP contribution in [0, 0.1) is 0 Å². The molecular formula is C11H8N2O4. The molecule has 2 N–H and O–H groups in total. The van der Waals surface area contributed by atoms with Crippen molar-refractivity contribution < 1.29 is 19.8 Å². The number of aromatic nitrogens is 2. The maximum atomic E-state index is 10.6. The number of aromatic carboxylic acids is 2. The molecule has 0 atom stereocenters. The summed E-state index contributed by atoms with van der Waals surface area (Å²) >= 11 is 0. The lowest BCUT2D eigenvalue weighted by Gasteiger charge is -2.01. The smallest absolute Gasteiger partial charge is 0.356 e. The molecule has 0 bridgehead atoms. The first-order valence-corrected chi connectivity index (χ1v) is 4.70. The number of benzene rings is 1. The van der Waals surface area contributed by atoms with Crippen molar-refractivity contribution in [1.29, 1.82) is 0 Å². The molecule has 0 aliphatic rings. The highest BCUT2D eigenvalue weighted by Gasteiger charge is 2.08. The molecule has 0 saturated carbocycles. The zero-order valence-electron chi connectivity index (χ0n) is 8.57. The molecule has 6 heteroatoms. The van der Waals surface area contributed by atoms with Gasteiger partial charge in [-0.3, -0.25) is 0 Å². The van der Waals surface area contributed by atoms with Gasteiger partial charge in [-0.2, -0.15) is 5.10 Å². The van der Waals surface area contributed by atoms with Crippen LogP contribution in [0.2, 0.25) is 0 Å². The van der Waals surface area contributed by atoms with Crippen molar-refractivity contribution in [2.75, 3.05) is 0 Å². The summed E-state index contributed by atoms with van der Waals surface area (Å²) in [6.45, 7) is 0. The van der Waals surface area contributed by atoms with Crippen molar-refractivity contribution >= 4 is 11.9 Å². The number of carboxylic acid groups (broad SMARTS) is 2. The summed E-state index contributed by atoms with van der Waals surface area (Å²) < 4.78 is 1.37. The topological polar surface area (TPSA) is 92.4 Å². The first kappa shape index (κ1) is 10.9. The minimum absolute atomic E-state index is 0.0627. The molecule has 2 rings (SSSR count). The highest BCUT2D eigenvalue weighted by molar-refractivity contribution is 5.87. The second-order valence-corrected chi connectivity index (χ2v) is 3.30. The van der Waals surface area contributed by atoms with Crippen LogP contribution in [-0.2, 0) is 0 Å². The Morgan fingerprint density at radius 3 is 2.12 bits per heavy atom. The number of hydrogen-bond acceptors (Lipinski definition) is 3. The molecule has 0 saturated heterocycles. The normalized spacial score (nSPS) is 10.1. The van der Waals surface area contributed by atoms with E-state index in [4.69, 9.17) is 10.2 Å². The standard InChI is InChI=1S/C11H8N2O4/c14-10(15)7-1-3-8(4-2-7)13-6-5-9(12-13)11(16)17/h1-6H,(H,14,15)(H,16,17). The van der Waals surface area contributed by atoms with Gasteiger partial charge in [-0.1, -0.05) is 0 Å². The maximum absolute atomic E-state index is 10.6. The monoisotopic (exact) mass is 232 g/mol. The molecule has 86 valence electrons. The van der Waals surface area contributed by atoms with Crippen molar-refractivity contribution in [2.24, 2.45) is 0 Å². The van der Waals surface area contributed by atoms with Crippen LogP contribution in [0.15, 0.2) is 36.5 Å². The van der Waals surface area contributed by atoms with Gasteiger partial charge in [-0.05, 0) is 30.3 Å². The predicted molar refractivity (Wildman–Crippen MR) is 57.5 cm³/mol. The molecule has 0 radical (unpaired) electrons. The van der Waals surface area contributed by atoms with Crippen LogP contribution in [0.25, 0.3) is 5.69 Å². The van der Waals surface area contributed by atoms with Crippen molar-refractivity contribution in [3.8, 4) is 5.69 Å². The Kier molecular flexibility index (Phi) is 2.61. The van der Waals surface area contributed by atoms with E-state index in [9.17, 15) is 9.59 Å². The van der Waals surface area contributed by atoms with E-state index in [2.05, 4.69) is 5.10 Å². The summed E-state index contributed by atoms with van der Waals surface area (Å²) in [5.74, 6) is -2.12. The van der Waals surface area contributed by atoms with Gasteiger partial charge in [0.2, 0.25) is 0 Å². The molecule has 0 spiro atoms. The molecule has 17 heavy (non-hydrogen) atoms. The molecule has 6 nitrogen and oxygen atoms in total. The van der Waals surface area contributed by atoms with Gasteiger partial charge in [0, 0.05) is 6.20 Å². The fourth-order valence-corrected chi connectivity index (χ4v) is 1.34. The van der Waals surface area contributed by atoms with Crippen molar-refractivity contribution in [3.05, 3.63) is 47.8 Å². The first-order valence-electron chi connectivity index (χ1n) is 4.70. The summed E-state index contributed by atoms with van der Waals surface area (Å²) in [6, 6.07) is 7.34. The predicted octanol–water partition coefficient (Wildman–Crippen LogP) is 1.27. The summed E-state index contributed by atoms with van der Waals surface area (Å²) in [7, 11) is 0. The minimum atomic E-state index is -1.11. The van der Waals surface area contributed by atoms with Crippen LogP contribution < -0.4 is 0 Å². The average Bonchev–Trinajstić information content (AvgIpc) is 2.78. The summed E-state index contributed by atoms with van der Waals surface area (Å²) in [6.07, 6.45) is 1.50. The van der Waals surface area contributed by atoms with E-state index in [1.807, 2.05) is 0 Å². The third-order valence-electron chi connectivity index (χ3n) is 2.19. The SMILES string of the molecule is O=C(O)c1ccc(-n2ccc(C(=O)O)n2)cc1. The third-order valence-corrected chi connectivity index (χ3v) is 2.19. The van der Waals surface area contributed by atoms with Crippen LogP contribution >= 0.6 is 0 Å². The Balaban J connectivity index is 2.33. The molecule has 0 amide bonds. The van der Waals surface area contributed by atoms with Gasteiger partial charge in [-0.15, -0.1) is 0 Å². The minimum Gasteiger partial charge on any atom is -0.478 e. The van der Waals surface area contributed by atoms with Crippen molar-refractivity contribution in [2.45, 2.75) is 0 Å². The lowest BCUT2D eigenvalue weighted by Crippen LogP contribution is -2.01. The molecule has 0 aliphatic carbocycles. The molecule has 0 aliphatic heterocycles. The Hall–Kier alpha value is -2.63. The molecule has 0 fully saturated rings. The molecule has 1 aromatic heterocycles. The van der Waals surface area contributed by atoms with E-state index in [1.54, 1.807) is 12.1 Å². The number of rotatable bonds is 3. The van der Waals surface area contributed by atoms with Gasteiger partial charge >= 0.3 is 11.9 Å². The van der Waals surface area contributed by atoms with E-state index in [1.165, 1.54) is 29.1 Å². The lowest BCUT2D eigenvalue weighted by molar-refractivity contribution is 0.0682. The van der Waals surface area contributed by atoms with Gasteiger partial charge in [0.25, 0.3) is 0 Å². The summed E-state index contributed by atoms with van der Waals surface area (Å²) in [4.78, 5) is 21.3. The van der Waals surface area contributed by atoms with Crippen molar-refractivity contribution in [3.63, 3.8) is 0 Å². The fraction of sp³-hybridized carbons (Fsp3) is 0. The van der Waals surface area contributed by atoms with Crippen LogP contribution in [0.5, 0.6) is 0 Å². The zero-order chi connectivity index (χ0) is 12.4. The van der Waals surface area contributed by atoms with E-state index < -0.39 is 11.9 Å². The lowest BCUT2D eigenvalue weighted by atomic mass is 10.2. The van der Waals surface area contributed by atoms with Crippen LogP contribution in [0.3, 0.4) is 0 Å². The second-order valence-electron chi connectivity index (χ2n) is 3.30. The second kappa shape index (κ2) is 4.09. The molecule has 0 unspecified atom stereocenters. The Morgan fingerprint density at radius 2 is 1.65 bits per heavy atom. The Labute approximate surface area is 95.7 Å². The number of nitrogens with zero attached hydrogens (tertiary/aromatic N) is 2. The Bertz CT molecular complexity index is 571. The van der Waals surface area contributed by atoms with Gasteiger partial charge < -0.3 is 10.2 Å². The summed E-state index contributed by atoms with van der Waals surface area (Å²) in [5.41, 5.74) is 0.703. The van der Waals surface area contributed by atoms with Crippen LogP contribution in [0.1, 0.15) is 20.8 Å². The van der Waals surface area contributed by atoms with E-state index >= 15 is 0 Å². The summed E-state index contributed by atoms with van der Waals surface area (Å²) in [5, 5.41) is 21.3. The first-order chi connectivity index (χ1) is 8.08. The van der Waals surface area contributed by atoms with Gasteiger partial charge in [0.05, 0.1) is 11.3 Å². The third kappa shape index (κ3) is 2.15. The average molecular weight is 232 g/mol. The fourth-order valence-electron chi connectivity index (χ4n) is 1.34. The number of hydrogen-bond donors (Lipinski definition) is 2. The van der Waals surface area contributed by atoms with Crippen molar-refractivity contribution in [1.82, 2.24) is 9.78 Å². The van der Waals surface area contributed by atoms with Gasteiger partial charge in [-0.25, -0.2) is 14.3 Å².